The van der Waals surface area contributed by atoms with E-state index < -0.39 is 0 Å². The summed E-state index contributed by atoms with van der Waals surface area (Å²) in [5.41, 5.74) is 0.683. The number of aromatic nitrogens is 5. The zero-order chi connectivity index (χ0) is 22.9. The number of likely N-dealkylation sites (tertiary alicyclic amines) is 2. The highest BCUT2D eigenvalue weighted by Gasteiger charge is 2.35. The molecule has 2 amide bonds. The third kappa shape index (κ3) is 3.97. The van der Waals surface area contributed by atoms with E-state index in [4.69, 9.17) is 4.74 Å². The first-order chi connectivity index (χ1) is 16.0. The lowest BCUT2D eigenvalue weighted by atomic mass is 10.1. The Morgan fingerprint density at radius 3 is 2.76 bits per heavy atom. The molecule has 2 aliphatic heterocycles. The molecule has 2 fully saturated rings. The predicted octanol–water partition coefficient (Wildman–Crippen LogP) is 0.652. The van der Waals surface area contributed by atoms with Gasteiger partial charge in [-0.25, -0.2) is 9.67 Å². The summed E-state index contributed by atoms with van der Waals surface area (Å²) in [6.07, 6.45) is 6.36. The van der Waals surface area contributed by atoms with E-state index in [0.717, 1.165) is 18.7 Å². The maximum absolute atomic E-state index is 13.2. The summed E-state index contributed by atoms with van der Waals surface area (Å²) in [4.78, 5) is 45.1. The Kier molecular flexibility index (Phi) is 5.37. The number of ether oxygens (including phenoxy) is 1. The average Bonchev–Trinajstić information content (AvgIpc) is 3.42. The molecule has 0 bridgehead atoms. The highest BCUT2D eigenvalue weighted by molar-refractivity contribution is 5.97. The van der Waals surface area contributed by atoms with Gasteiger partial charge in [-0.3, -0.25) is 19.0 Å². The van der Waals surface area contributed by atoms with Crippen LogP contribution in [0.25, 0.3) is 5.82 Å². The molecule has 0 aliphatic carbocycles. The lowest BCUT2D eigenvalue weighted by Crippen LogP contribution is -2.51. The van der Waals surface area contributed by atoms with Gasteiger partial charge in [0.15, 0.2) is 0 Å². The van der Waals surface area contributed by atoms with E-state index in [1.54, 1.807) is 38.9 Å². The van der Waals surface area contributed by atoms with E-state index in [1.165, 1.54) is 23.9 Å². The van der Waals surface area contributed by atoms with Gasteiger partial charge in [-0.05, 0) is 18.6 Å². The van der Waals surface area contributed by atoms with E-state index in [1.807, 2.05) is 6.20 Å². The number of methoxy groups -OCH3 is 1. The van der Waals surface area contributed by atoms with E-state index in [-0.39, 0.29) is 34.7 Å². The van der Waals surface area contributed by atoms with Crippen LogP contribution in [0.2, 0.25) is 0 Å². The molecule has 2 saturated heterocycles. The van der Waals surface area contributed by atoms with Crippen LogP contribution in [0, 0.1) is 0 Å². The number of carbonyl (C=O) groups is 2. The molecule has 0 saturated carbocycles. The van der Waals surface area contributed by atoms with E-state index in [0.29, 0.717) is 31.9 Å². The third-order valence-corrected chi connectivity index (χ3v) is 5.97. The zero-order valence-electron chi connectivity index (χ0n) is 18.1. The van der Waals surface area contributed by atoms with Crippen molar-refractivity contribution in [1.82, 2.24) is 34.3 Å². The van der Waals surface area contributed by atoms with Crippen molar-refractivity contribution in [3.63, 3.8) is 0 Å². The highest BCUT2D eigenvalue weighted by Crippen LogP contribution is 2.26. The van der Waals surface area contributed by atoms with E-state index in [2.05, 4.69) is 15.3 Å². The van der Waals surface area contributed by atoms with E-state index in [9.17, 15) is 14.4 Å². The van der Waals surface area contributed by atoms with Gasteiger partial charge in [-0.2, -0.15) is 0 Å². The summed E-state index contributed by atoms with van der Waals surface area (Å²) >= 11 is 0. The number of hydrogen-bond acceptors (Lipinski definition) is 7. The van der Waals surface area contributed by atoms with Gasteiger partial charge in [0.1, 0.15) is 17.3 Å². The molecule has 0 radical (unpaired) electrons. The minimum absolute atomic E-state index is 0.00262. The lowest BCUT2D eigenvalue weighted by Gasteiger charge is -2.39. The molecule has 3 aromatic heterocycles. The Balaban J connectivity index is 1.29. The second kappa shape index (κ2) is 8.49. The first-order valence-electron chi connectivity index (χ1n) is 10.7. The zero-order valence-corrected chi connectivity index (χ0v) is 18.1. The van der Waals surface area contributed by atoms with Crippen molar-refractivity contribution in [3.05, 3.63) is 64.5 Å². The molecule has 2 aliphatic rings. The molecule has 11 heteroatoms. The van der Waals surface area contributed by atoms with Crippen molar-refractivity contribution in [3.8, 4) is 11.6 Å². The van der Waals surface area contributed by atoms with E-state index >= 15 is 0 Å². The van der Waals surface area contributed by atoms with Gasteiger partial charge >= 0.3 is 0 Å². The topological polar surface area (TPSA) is 115 Å². The molecule has 0 spiro atoms. The Labute approximate surface area is 189 Å². The largest absolute Gasteiger partial charge is 0.496 e. The Morgan fingerprint density at radius 1 is 1.21 bits per heavy atom. The number of rotatable bonds is 6. The maximum Gasteiger partial charge on any atom is 0.260 e. The number of carbonyl (C=O) groups excluding carboxylic acids is 2. The predicted molar refractivity (Wildman–Crippen MR) is 116 cm³/mol. The summed E-state index contributed by atoms with van der Waals surface area (Å²) in [7, 11) is 1.43. The van der Waals surface area contributed by atoms with Crippen molar-refractivity contribution in [2.75, 3.05) is 26.7 Å². The highest BCUT2D eigenvalue weighted by atomic mass is 16.5. The summed E-state index contributed by atoms with van der Waals surface area (Å²) in [6, 6.07) is 6.51. The monoisotopic (exact) mass is 449 g/mol. The van der Waals surface area contributed by atoms with Gasteiger partial charge in [0, 0.05) is 44.5 Å². The summed E-state index contributed by atoms with van der Waals surface area (Å²) in [6.45, 7) is 2.12. The smallest absolute Gasteiger partial charge is 0.260 e. The Bertz CT molecular complexity index is 1250. The average molecular weight is 449 g/mol. The first-order valence-corrected chi connectivity index (χ1v) is 10.7. The molecule has 0 N–H and O–H groups in total. The molecule has 0 atom stereocenters. The molecular formula is C22H23N7O4. The van der Waals surface area contributed by atoms with Crippen molar-refractivity contribution in [2.45, 2.75) is 25.4 Å². The standard InChI is InChI=1S/C22H23N7O4/c1-33-18-9-21(31)28(19-5-2-3-7-23-19)14-17(18)22(32)27-12-16(13-27)29-11-15(24-25-29)10-26-8-4-6-20(26)30/h2-3,5,7,9,11,14,16H,4,6,8,10,12-13H2,1H3. The molecule has 5 heterocycles. The van der Waals surface area contributed by atoms with Crippen LogP contribution in [0.1, 0.15) is 34.9 Å². The molecule has 33 heavy (non-hydrogen) atoms. The van der Waals surface area contributed by atoms with Gasteiger partial charge in [0.05, 0.1) is 31.5 Å². The first kappa shape index (κ1) is 20.9. The van der Waals surface area contributed by atoms with Gasteiger partial charge in [-0.15, -0.1) is 5.10 Å². The fraction of sp³-hybridized carbons (Fsp3) is 0.364. The number of hydrogen-bond donors (Lipinski definition) is 0. The second-order valence-corrected chi connectivity index (χ2v) is 8.12. The summed E-state index contributed by atoms with van der Waals surface area (Å²) in [5, 5.41) is 8.36. The maximum atomic E-state index is 13.2. The third-order valence-electron chi connectivity index (χ3n) is 5.97. The van der Waals surface area contributed by atoms with Crippen molar-refractivity contribution in [2.24, 2.45) is 0 Å². The van der Waals surface area contributed by atoms with Crippen LogP contribution < -0.4 is 10.3 Å². The fourth-order valence-electron chi connectivity index (χ4n) is 4.11. The van der Waals surface area contributed by atoms with Crippen molar-refractivity contribution in [1.29, 1.82) is 0 Å². The van der Waals surface area contributed by atoms with Crippen molar-refractivity contribution < 1.29 is 14.3 Å². The summed E-state index contributed by atoms with van der Waals surface area (Å²) < 4.78 is 8.37. The van der Waals surface area contributed by atoms with Crippen LogP contribution in [-0.2, 0) is 11.3 Å². The Morgan fingerprint density at radius 2 is 2.06 bits per heavy atom. The van der Waals surface area contributed by atoms with Gasteiger partial charge in [-0.1, -0.05) is 11.3 Å². The minimum atomic E-state index is -0.338. The molecule has 3 aromatic rings. The minimum Gasteiger partial charge on any atom is -0.496 e. The molecule has 170 valence electrons. The molecular weight excluding hydrogens is 426 g/mol. The number of pyridine rings is 2. The molecule has 5 rings (SSSR count). The van der Waals surface area contributed by atoms with Crippen LogP contribution in [-0.4, -0.2) is 72.9 Å². The summed E-state index contributed by atoms with van der Waals surface area (Å²) in [5.74, 6) is 0.549. The van der Waals surface area contributed by atoms with Crippen LogP contribution in [0.3, 0.4) is 0 Å². The van der Waals surface area contributed by atoms with Gasteiger partial charge < -0.3 is 14.5 Å². The molecule has 0 unspecified atom stereocenters. The quantitative estimate of drug-likeness (QED) is 0.543. The van der Waals surface area contributed by atoms with Crippen LogP contribution in [0.15, 0.2) is 47.7 Å². The normalized spacial score (nSPS) is 16.2. The van der Waals surface area contributed by atoms with Gasteiger partial charge in [0.25, 0.3) is 11.5 Å². The Hall–Kier alpha value is -4.02. The van der Waals surface area contributed by atoms with Crippen LogP contribution >= 0.6 is 0 Å². The number of amides is 2. The fourth-order valence-corrected chi connectivity index (χ4v) is 4.11. The SMILES string of the molecule is COc1cc(=O)n(-c2ccccn2)cc1C(=O)N1CC(n2cc(CN3CCCC3=O)nn2)C1. The van der Waals surface area contributed by atoms with Crippen molar-refractivity contribution >= 4 is 11.8 Å². The van der Waals surface area contributed by atoms with Crippen LogP contribution in [0.4, 0.5) is 0 Å². The van der Waals surface area contributed by atoms with Gasteiger partial charge in [0.2, 0.25) is 5.91 Å². The number of nitrogens with zero attached hydrogens (tertiary/aromatic N) is 7. The molecule has 11 nitrogen and oxygen atoms in total. The van der Waals surface area contributed by atoms with Crippen LogP contribution in [0.5, 0.6) is 5.75 Å². The molecule has 0 aromatic carbocycles. The second-order valence-electron chi connectivity index (χ2n) is 8.12. The lowest BCUT2D eigenvalue weighted by molar-refractivity contribution is -0.128.